The number of aromatic nitrogens is 2. The molecule has 0 saturated carbocycles. The third-order valence-corrected chi connectivity index (χ3v) is 2.08. The fraction of sp³-hybridized carbons (Fsp3) is 0.100. The van der Waals surface area contributed by atoms with E-state index in [1.165, 1.54) is 0 Å². The smallest absolute Gasteiger partial charge is 0.323 e. The topological polar surface area (TPSA) is 57.9 Å². The van der Waals surface area contributed by atoms with Crippen LogP contribution in [-0.4, -0.2) is 9.97 Å². The minimum absolute atomic E-state index is 0.236. The van der Waals surface area contributed by atoms with E-state index in [0.717, 1.165) is 0 Å². The molecular formula is C10H9ClN2O2. The van der Waals surface area contributed by atoms with Crippen LogP contribution in [-0.2, 0) is 6.61 Å². The van der Waals surface area contributed by atoms with Gasteiger partial charge in [-0.2, -0.15) is 0 Å². The summed E-state index contributed by atoms with van der Waals surface area (Å²) >= 11 is 5.79. The zero-order valence-corrected chi connectivity index (χ0v) is 8.54. The third-order valence-electron chi connectivity index (χ3n) is 1.84. The van der Waals surface area contributed by atoms with Crippen molar-refractivity contribution in [3.63, 3.8) is 0 Å². The monoisotopic (exact) mass is 224 g/mol. The maximum Gasteiger partial charge on any atom is 0.323 e. The standard InChI is InChI=1S/C10H9ClN2O2/c11-7-2-1-3-9(4-7)15-6-8-5-12-10(14)13-8/h1-5H,6H2,(H2,12,13,14). The molecule has 2 rings (SSSR count). The van der Waals surface area contributed by atoms with Gasteiger partial charge in [0.05, 0.1) is 5.69 Å². The number of rotatable bonds is 3. The van der Waals surface area contributed by atoms with Crippen LogP contribution in [0.5, 0.6) is 5.75 Å². The molecule has 2 N–H and O–H groups in total. The molecule has 0 fully saturated rings. The SMILES string of the molecule is O=c1[nH]cc(COc2cccc(Cl)c2)[nH]1. The number of halogens is 1. The lowest BCUT2D eigenvalue weighted by atomic mass is 10.3. The van der Waals surface area contributed by atoms with Gasteiger partial charge in [0, 0.05) is 11.2 Å². The van der Waals surface area contributed by atoms with Crippen molar-refractivity contribution in [2.45, 2.75) is 6.61 Å². The minimum atomic E-state index is -0.236. The zero-order chi connectivity index (χ0) is 10.7. The van der Waals surface area contributed by atoms with Crippen molar-refractivity contribution in [1.82, 2.24) is 9.97 Å². The summed E-state index contributed by atoms with van der Waals surface area (Å²) in [5, 5.41) is 0.620. The Morgan fingerprint density at radius 3 is 2.93 bits per heavy atom. The number of aromatic amines is 2. The fourth-order valence-corrected chi connectivity index (χ4v) is 1.35. The summed E-state index contributed by atoms with van der Waals surface area (Å²) in [5.41, 5.74) is 0.458. The van der Waals surface area contributed by atoms with Gasteiger partial charge in [0.25, 0.3) is 0 Å². The Hall–Kier alpha value is -1.68. The van der Waals surface area contributed by atoms with Crippen molar-refractivity contribution in [2.24, 2.45) is 0 Å². The summed E-state index contributed by atoms with van der Waals surface area (Å²) < 4.78 is 5.41. The number of hydrogen-bond acceptors (Lipinski definition) is 2. The van der Waals surface area contributed by atoms with Crippen molar-refractivity contribution in [3.8, 4) is 5.75 Å². The summed E-state index contributed by atoms with van der Waals surface area (Å²) in [6.45, 7) is 0.305. The first-order valence-corrected chi connectivity index (χ1v) is 4.77. The molecule has 1 aromatic carbocycles. The summed E-state index contributed by atoms with van der Waals surface area (Å²) in [4.78, 5) is 15.9. The molecule has 1 heterocycles. The molecule has 0 aliphatic heterocycles. The van der Waals surface area contributed by atoms with Gasteiger partial charge in [-0.15, -0.1) is 0 Å². The van der Waals surface area contributed by atoms with E-state index in [1.54, 1.807) is 30.5 Å². The Morgan fingerprint density at radius 2 is 2.27 bits per heavy atom. The fourth-order valence-electron chi connectivity index (χ4n) is 1.17. The highest BCUT2D eigenvalue weighted by Crippen LogP contribution is 2.17. The molecule has 2 aromatic rings. The molecule has 4 nitrogen and oxygen atoms in total. The van der Waals surface area contributed by atoms with Gasteiger partial charge in [0.1, 0.15) is 12.4 Å². The Bertz CT molecular complexity index is 504. The van der Waals surface area contributed by atoms with Gasteiger partial charge in [-0.25, -0.2) is 4.79 Å². The van der Waals surface area contributed by atoms with Gasteiger partial charge >= 0.3 is 5.69 Å². The summed E-state index contributed by atoms with van der Waals surface area (Å²) in [6.07, 6.45) is 1.58. The van der Waals surface area contributed by atoms with Crippen molar-refractivity contribution in [3.05, 3.63) is 51.7 Å². The van der Waals surface area contributed by atoms with Crippen LogP contribution in [0.15, 0.2) is 35.3 Å². The molecular weight excluding hydrogens is 216 g/mol. The molecule has 0 unspecified atom stereocenters. The van der Waals surface area contributed by atoms with Crippen LogP contribution in [0, 0.1) is 0 Å². The summed E-state index contributed by atoms with van der Waals surface area (Å²) in [5.74, 6) is 0.671. The van der Waals surface area contributed by atoms with E-state index in [1.807, 2.05) is 0 Å². The molecule has 5 heteroatoms. The van der Waals surface area contributed by atoms with E-state index in [-0.39, 0.29) is 5.69 Å². The van der Waals surface area contributed by atoms with Gasteiger partial charge in [-0.1, -0.05) is 17.7 Å². The minimum Gasteiger partial charge on any atom is -0.487 e. The number of ether oxygens (including phenoxy) is 1. The normalized spacial score (nSPS) is 10.2. The second kappa shape index (κ2) is 4.23. The molecule has 0 atom stereocenters. The van der Waals surface area contributed by atoms with E-state index >= 15 is 0 Å². The lowest BCUT2D eigenvalue weighted by molar-refractivity contribution is 0.302. The molecule has 0 aliphatic rings. The van der Waals surface area contributed by atoms with Crippen molar-refractivity contribution < 1.29 is 4.74 Å². The molecule has 0 radical (unpaired) electrons. The van der Waals surface area contributed by atoms with Gasteiger partial charge in [0.15, 0.2) is 0 Å². The van der Waals surface area contributed by atoms with Crippen LogP contribution in [0.25, 0.3) is 0 Å². The predicted molar refractivity (Wildman–Crippen MR) is 57.2 cm³/mol. The quantitative estimate of drug-likeness (QED) is 0.837. The van der Waals surface area contributed by atoms with E-state index in [9.17, 15) is 4.79 Å². The lowest BCUT2D eigenvalue weighted by Gasteiger charge is -2.03. The van der Waals surface area contributed by atoms with Crippen LogP contribution in [0.4, 0.5) is 0 Å². The van der Waals surface area contributed by atoms with Crippen LogP contribution >= 0.6 is 11.6 Å². The first kappa shape index (κ1) is 9.86. The van der Waals surface area contributed by atoms with Crippen molar-refractivity contribution >= 4 is 11.6 Å². The Kier molecular flexibility index (Phi) is 2.78. The van der Waals surface area contributed by atoms with E-state index < -0.39 is 0 Å². The van der Waals surface area contributed by atoms with Gasteiger partial charge in [0.2, 0.25) is 0 Å². The van der Waals surface area contributed by atoms with Crippen LogP contribution in [0.2, 0.25) is 5.02 Å². The highest BCUT2D eigenvalue weighted by molar-refractivity contribution is 6.30. The average molecular weight is 225 g/mol. The van der Waals surface area contributed by atoms with E-state index in [0.29, 0.717) is 23.1 Å². The second-order valence-electron chi connectivity index (χ2n) is 3.01. The average Bonchev–Trinajstić information content (AvgIpc) is 2.62. The summed E-state index contributed by atoms with van der Waals surface area (Å²) in [7, 11) is 0. The highest BCUT2D eigenvalue weighted by atomic mass is 35.5. The van der Waals surface area contributed by atoms with E-state index in [4.69, 9.17) is 16.3 Å². The van der Waals surface area contributed by atoms with Crippen LogP contribution in [0.1, 0.15) is 5.69 Å². The van der Waals surface area contributed by atoms with E-state index in [2.05, 4.69) is 9.97 Å². The third kappa shape index (κ3) is 2.63. The molecule has 0 bridgehead atoms. The maximum atomic E-state index is 10.8. The molecule has 0 amide bonds. The predicted octanol–water partition coefficient (Wildman–Crippen LogP) is 1.94. The molecule has 0 saturated heterocycles. The lowest BCUT2D eigenvalue weighted by Crippen LogP contribution is -2.02. The number of hydrogen-bond donors (Lipinski definition) is 2. The number of imidazole rings is 1. The van der Waals surface area contributed by atoms with Crippen molar-refractivity contribution in [1.29, 1.82) is 0 Å². The number of H-pyrrole nitrogens is 2. The van der Waals surface area contributed by atoms with Crippen molar-refractivity contribution in [2.75, 3.05) is 0 Å². The maximum absolute atomic E-state index is 10.8. The second-order valence-corrected chi connectivity index (χ2v) is 3.45. The zero-order valence-electron chi connectivity index (χ0n) is 7.79. The molecule has 0 aliphatic carbocycles. The van der Waals surface area contributed by atoms with Crippen LogP contribution in [0.3, 0.4) is 0 Å². The molecule has 0 spiro atoms. The van der Waals surface area contributed by atoms with Gasteiger partial charge in [-0.05, 0) is 18.2 Å². The van der Waals surface area contributed by atoms with Gasteiger partial charge in [-0.3, -0.25) is 0 Å². The summed E-state index contributed by atoms with van der Waals surface area (Å²) in [6, 6.07) is 7.09. The first-order valence-electron chi connectivity index (χ1n) is 4.39. The highest BCUT2D eigenvalue weighted by Gasteiger charge is 1.98. The Morgan fingerprint density at radius 1 is 1.40 bits per heavy atom. The molecule has 1 aromatic heterocycles. The largest absolute Gasteiger partial charge is 0.487 e. The van der Waals surface area contributed by atoms with Crippen LogP contribution < -0.4 is 10.4 Å². The molecule has 15 heavy (non-hydrogen) atoms. The Balaban J connectivity index is 2.02. The Labute approximate surface area is 90.9 Å². The number of benzene rings is 1. The first-order chi connectivity index (χ1) is 7.24. The molecule has 78 valence electrons. The number of nitrogens with one attached hydrogen (secondary N) is 2. The van der Waals surface area contributed by atoms with Gasteiger partial charge < -0.3 is 14.7 Å².